The summed E-state index contributed by atoms with van der Waals surface area (Å²) in [5, 5.41) is 8.82. The van der Waals surface area contributed by atoms with Crippen LogP contribution in [0.3, 0.4) is 0 Å². The molecule has 2 aromatic heterocycles. The van der Waals surface area contributed by atoms with Crippen molar-refractivity contribution in [1.29, 1.82) is 0 Å². The Morgan fingerprint density at radius 2 is 1.00 bits per heavy atom. The first-order valence-corrected chi connectivity index (χ1v) is 20.8. The summed E-state index contributed by atoms with van der Waals surface area (Å²) >= 11 is 0. The molecule has 1 aliphatic rings. The fraction of sp³-hybridized carbons (Fsp3) is 0.265. The number of fused-ring (bicyclic) bond motifs is 3. The van der Waals surface area contributed by atoms with Gasteiger partial charge < -0.3 is 20.1 Å². The second-order valence-electron chi connectivity index (χ2n) is 14.5. The van der Waals surface area contributed by atoms with E-state index in [4.69, 9.17) is 9.47 Å². The van der Waals surface area contributed by atoms with Gasteiger partial charge in [0.15, 0.2) is 0 Å². The van der Waals surface area contributed by atoms with Crippen LogP contribution in [0.25, 0.3) is 21.8 Å². The minimum absolute atomic E-state index is 0.239. The molecule has 5 aromatic carbocycles. The third kappa shape index (κ3) is 11.0. The number of benzene rings is 5. The van der Waals surface area contributed by atoms with E-state index in [1.807, 2.05) is 42.5 Å². The monoisotopic (exact) mass is 801 g/mol. The normalized spacial score (nSPS) is 11.9. The van der Waals surface area contributed by atoms with E-state index in [0.29, 0.717) is 36.4 Å². The van der Waals surface area contributed by atoms with E-state index < -0.39 is 0 Å². The number of carbonyl (C=O) groups is 2. The van der Waals surface area contributed by atoms with Crippen molar-refractivity contribution in [2.75, 3.05) is 43.5 Å². The summed E-state index contributed by atoms with van der Waals surface area (Å²) in [6, 6.07) is 39.7. The summed E-state index contributed by atoms with van der Waals surface area (Å²) in [5.41, 5.74) is 5.34. The highest BCUT2D eigenvalue weighted by Gasteiger charge is 2.34. The Balaban J connectivity index is 0.000000192. The smallest absolute Gasteiger partial charge is 0.261 e. The van der Waals surface area contributed by atoms with Crippen molar-refractivity contribution in [1.82, 2.24) is 24.8 Å². The SMILES string of the molecule is CCCCOc1ccc2c(NCCCc3ccccc3)ncnc2c1.O=C1c2ccccc2C(=O)N1CCCOc1ccc2c(NCCCc3ccccc3)ncnc2c1. The number of hydrogen-bond donors (Lipinski definition) is 2. The molecule has 11 nitrogen and oxygen atoms in total. The van der Waals surface area contributed by atoms with Crippen LogP contribution in [0.4, 0.5) is 11.6 Å². The third-order valence-corrected chi connectivity index (χ3v) is 10.2. The standard InChI is InChI=1S/C28H26N4O3.C21H25N3O/c33-27-22-11-4-5-12-23(22)28(34)32(27)16-7-17-35-21-13-14-24-25(18-21)30-19-31-26(24)29-15-6-10-20-8-2-1-3-9-20;1-2-3-14-25-18-11-12-19-20(15-18)23-16-24-21(19)22-13-7-10-17-8-5-4-6-9-17/h1-5,8-9,11-14,18-19H,6-7,10,15-17H2,(H,29,30,31);4-6,8-9,11-12,15-16H,2-3,7,10,13-14H2,1H3,(H,22,23,24). The Bertz CT molecular complexity index is 2450. The number of unbranched alkanes of at least 4 members (excludes halogenated alkanes) is 1. The van der Waals surface area contributed by atoms with Gasteiger partial charge in [-0.15, -0.1) is 0 Å². The maximum Gasteiger partial charge on any atom is 0.261 e. The minimum atomic E-state index is -0.239. The molecule has 7 aromatic rings. The predicted octanol–water partition coefficient (Wildman–Crippen LogP) is 9.59. The Morgan fingerprint density at radius 3 is 1.48 bits per heavy atom. The largest absolute Gasteiger partial charge is 0.494 e. The lowest BCUT2D eigenvalue weighted by atomic mass is 10.1. The summed E-state index contributed by atoms with van der Waals surface area (Å²) in [6.45, 7) is 5.31. The second-order valence-corrected chi connectivity index (χ2v) is 14.5. The molecule has 0 aliphatic carbocycles. The Hall–Kier alpha value is -6.88. The lowest BCUT2D eigenvalue weighted by Gasteiger charge is -2.14. The van der Waals surface area contributed by atoms with E-state index >= 15 is 0 Å². The predicted molar refractivity (Wildman–Crippen MR) is 238 cm³/mol. The summed E-state index contributed by atoms with van der Waals surface area (Å²) in [6.07, 6.45) is 10.0. The molecule has 0 spiro atoms. The second kappa shape index (κ2) is 21.2. The van der Waals surface area contributed by atoms with Crippen molar-refractivity contribution >= 4 is 45.3 Å². The third-order valence-electron chi connectivity index (χ3n) is 10.2. The first-order valence-electron chi connectivity index (χ1n) is 20.8. The number of imide groups is 1. The first kappa shape index (κ1) is 41.3. The summed E-state index contributed by atoms with van der Waals surface area (Å²) < 4.78 is 11.6. The molecule has 2 amide bonds. The zero-order valence-corrected chi connectivity index (χ0v) is 34.1. The van der Waals surface area contributed by atoms with E-state index in [1.165, 1.54) is 16.0 Å². The molecule has 0 atom stereocenters. The highest BCUT2D eigenvalue weighted by Crippen LogP contribution is 2.26. The van der Waals surface area contributed by atoms with Gasteiger partial charge in [-0.2, -0.15) is 0 Å². The Morgan fingerprint density at radius 1 is 0.533 bits per heavy atom. The van der Waals surface area contributed by atoms with Crippen LogP contribution in [0, 0.1) is 0 Å². The van der Waals surface area contributed by atoms with Crippen LogP contribution in [0.5, 0.6) is 11.5 Å². The number of aromatic nitrogens is 4. The van der Waals surface area contributed by atoms with Gasteiger partial charge in [0.1, 0.15) is 35.8 Å². The van der Waals surface area contributed by atoms with Crippen molar-refractivity contribution in [3.63, 3.8) is 0 Å². The first-order chi connectivity index (χ1) is 29.6. The molecule has 11 heteroatoms. The summed E-state index contributed by atoms with van der Waals surface area (Å²) in [4.78, 5) is 43.8. The number of rotatable bonds is 19. The van der Waals surface area contributed by atoms with E-state index in [2.05, 4.69) is 92.1 Å². The van der Waals surface area contributed by atoms with Gasteiger partial charge in [-0.3, -0.25) is 14.5 Å². The van der Waals surface area contributed by atoms with Crippen LogP contribution in [0.15, 0.2) is 134 Å². The van der Waals surface area contributed by atoms with Crippen molar-refractivity contribution in [2.24, 2.45) is 0 Å². The highest BCUT2D eigenvalue weighted by atomic mass is 16.5. The van der Waals surface area contributed by atoms with Crippen LogP contribution in [0.2, 0.25) is 0 Å². The van der Waals surface area contributed by atoms with Gasteiger partial charge in [0.2, 0.25) is 0 Å². The fourth-order valence-corrected chi connectivity index (χ4v) is 7.01. The summed E-state index contributed by atoms with van der Waals surface area (Å²) in [5.74, 6) is 2.77. The Kier molecular flexibility index (Phi) is 14.6. The number of carbonyl (C=O) groups excluding carboxylic acids is 2. The van der Waals surface area contributed by atoms with Crippen LogP contribution >= 0.6 is 0 Å². The number of hydrogen-bond acceptors (Lipinski definition) is 10. The average Bonchev–Trinajstić information content (AvgIpc) is 3.53. The van der Waals surface area contributed by atoms with Crippen LogP contribution in [0.1, 0.15) is 70.9 Å². The molecular formula is C49H51N7O4. The van der Waals surface area contributed by atoms with Gasteiger partial charge in [-0.25, -0.2) is 19.9 Å². The molecule has 0 bridgehead atoms. The van der Waals surface area contributed by atoms with Gasteiger partial charge in [0.25, 0.3) is 11.8 Å². The summed E-state index contributed by atoms with van der Waals surface area (Å²) in [7, 11) is 0. The van der Waals surface area contributed by atoms with Crippen molar-refractivity contribution in [2.45, 2.75) is 51.9 Å². The minimum Gasteiger partial charge on any atom is -0.494 e. The maximum absolute atomic E-state index is 12.5. The molecule has 306 valence electrons. The zero-order valence-electron chi connectivity index (χ0n) is 34.1. The topological polar surface area (TPSA) is 131 Å². The quantitative estimate of drug-likeness (QED) is 0.0602. The highest BCUT2D eigenvalue weighted by molar-refractivity contribution is 6.21. The Labute approximate surface area is 351 Å². The van der Waals surface area contributed by atoms with Gasteiger partial charge >= 0.3 is 0 Å². The van der Waals surface area contributed by atoms with Crippen LogP contribution in [-0.4, -0.2) is 69.5 Å². The van der Waals surface area contributed by atoms with E-state index in [1.54, 1.807) is 36.9 Å². The lowest BCUT2D eigenvalue weighted by molar-refractivity contribution is 0.0646. The molecule has 60 heavy (non-hydrogen) atoms. The van der Waals surface area contributed by atoms with Gasteiger partial charge in [-0.05, 0) is 86.1 Å². The zero-order chi connectivity index (χ0) is 41.4. The van der Waals surface area contributed by atoms with E-state index in [9.17, 15) is 9.59 Å². The van der Waals surface area contributed by atoms with E-state index in [-0.39, 0.29) is 11.8 Å². The number of aryl methyl sites for hydroxylation is 2. The van der Waals surface area contributed by atoms with Crippen molar-refractivity contribution in [3.05, 3.63) is 156 Å². The lowest BCUT2D eigenvalue weighted by Crippen LogP contribution is -2.31. The maximum atomic E-state index is 12.5. The fourth-order valence-electron chi connectivity index (χ4n) is 7.01. The molecular weight excluding hydrogens is 751 g/mol. The van der Waals surface area contributed by atoms with Gasteiger partial charge in [-0.1, -0.05) is 86.1 Å². The molecule has 0 fully saturated rings. The molecule has 0 saturated heterocycles. The molecule has 0 saturated carbocycles. The number of anilines is 2. The molecule has 0 unspecified atom stereocenters. The van der Waals surface area contributed by atoms with Gasteiger partial charge in [0.05, 0.1) is 35.4 Å². The van der Waals surface area contributed by atoms with Crippen molar-refractivity contribution < 1.29 is 19.1 Å². The molecule has 2 N–H and O–H groups in total. The molecule has 8 rings (SSSR count). The van der Waals surface area contributed by atoms with Crippen LogP contribution in [-0.2, 0) is 12.8 Å². The van der Waals surface area contributed by atoms with Gasteiger partial charge in [0, 0.05) is 42.5 Å². The molecule has 1 aliphatic heterocycles. The van der Waals surface area contributed by atoms with Crippen molar-refractivity contribution in [3.8, 4) is 11.5 Å². The number of nitrogens with one attached hydrogen (secondary N) is 2. The number of amides is 2. The number of ether oxygens (including phenoxy) is 2. The average molecular weight is 802 g/mol. The van der Waals surface area contributed by atoms with Crippen LogP contribution < -0.4 is 20.1 Å². The number of nitrogens with zero attached hydrogens (tertiary/aromatic N) is 5. The van der Waals surface area contributed by atoms with E-state index in [0.717, 1.165) is 97.4 Å². The molecule has 3 heterocycles. The molecule has 0 radical (unpaired) electrons.